The molecule has 2 rings (SSSR count). The van der Waals surface area contributed by atoms with Crippen molar-refractivity contribution in [2.45, 2.75) is 80.4 Å². The van der Waals surface area contributed by atoms with Crippen LogP contribution < -0.4 is 9.47 Å². The molecule has 0 radical (unpaired) electrons. The molecular formula is C26H40O2. The Morgan fingerprint density at radius 1 is 0.571 bits per heavy atom. The monoisotopic (exact) mass is 384 g/mol. The second-order valence-electron chi connectivity index (χ2n) is 8.82. The molecule has 0 bridgehead atoms. The van der Waals surface area contributed by atoms with Gasteiger partial charge in [-0.15, -0.1) is 0 Å². The average molecular weight is 385 g/mol. The molecule has 2 heteroatoms. The maximum atomic E-state index is 5.64. The highest BCUT2D eigenvalue weighted by Gasteiger charge is 2.01. The Hall–Kier alpha value is -1.96. The number of benzene rings is 2. The fourth-order valence-corrected chi connectivity index (χ4v) is 2.94. The SMILES string of the molecule is CC(C)Cc1ccc(OC(C)C)cc1.CC(C)Cc1cccc(OC(C)C)c1. The lowest BCUT2D eigenvalue weighted by molar-refractivity contribution is 0.242. The first kappa shape index (κ1) is 24.1. The van der Waals surface area contributed by atoms with Crippen LogP contribution in [0, 0.1) is 11.8 Å². The van der Waals surface area contributed by atoms with Gasteiger partial charge in [-0.25, -0.2) is 0 Å². The Morgan fingerprint density at radius 3 is 1.57 bits per heavy atom. The summed E-state index contributed by atoms with van der Waals surface area (Å²) in [4.78, 5) is 0. The van der Waals surface area contributed by atoms with Gasteiger partial charge in [-0.1, -0.05) is 52.0 Å². The molecule has 0 saturated carbocycles. The summed E-state index contributed by atoms with van der Waals surface area (Å²) in [5.74, 6) is 3.36. The van der Waals surface area contributed by atoms with E-state index in [9.17, 15) is 0 Å². The molecule has 0 fully saturated rings. The van der Waals surface area contributed by atoms with Crippen molar-refractivity contribution in [3.05, 3.63) is 59.7 Å². The predicted octanol–water partition coefficient (Wildman–Crippen LogP) is 7.34. The van der Waals surface area contributed by atoms with Crippen LogP contribution in [0.15, 0.2) is 48.5 Å². The lowest BCUT2D eigenvalue weighted by Crippen LogP contribution is -2.05. The van der Waals surface area contributed by atoms with Crippen molar-refractivity contribution in [3.8, 4) is 11.5 Å². The Labute approximate surface area is 173 Å². The zero-order valence-electron chi connectivity index (χ0n) is 19.2. The van der Waals surface area contributed by atoms with E-state index in [1.54, 1.807) is 0 Å². The molecule has 2 aromatic rings. The summed E-state index contributed by atoms with van der Waals surface area (Å²) < 4.78 is 11.2. The molecule has 0 unspecified atom stereocenters. The van der Waals surface area contributed by atoms with Crippen LogP contribution in [0.25, 0.3) is 0 Å². The highest BCUT2D eigenvalue weighted by atomic mass is 16.5. The van der Waals surface area contributed by atoms with Crippen molar-refractivity contribution >= 4 is 0 Å². The van der Waals surface area contributed by atoms with Gasteiger partial charge in [0.2, 0.25) is 0 Å². The largest absolute Gasteiger partial charge is 0.491 e. The minimum atomic E-state index is 0.254. The summed E-state index contributed by atoms with van der Waals surface area (Å²) in [5.41, 5.74) is 2.74. The maximum absolute atomic E-state index is 5.64. The number of hydrogen-bond donors (Lipinski definition) is 0. The molecule has 28 heavy (non-hydrogen) atoms. The fraction of sp³-hybridized carbons (Fsp3) is 0.538. The van der Waals surface area contributed by atoms with Crippen molar-refractivity contribution in [3.63, 3.8) is 0 Å². The zero-order chi connectivity index (χ0) is 21.1. The maximum Gasteiger partial charge on any atom is 0.119 e. The Morgan fingerprint density at radius 2 is 1.07 bits per heavy atom. The Kier molecular flexibility index (Phi) is 10.7. The summed E-state index contributed by atoms with van der Waals surface area (Å²) >= 11 is 0. The lowest BCUT2D eigenvalue weighted by atomic mass is 10.0. The molecule has 2 aromatic carbocycles. The van der Waals surface area contributed by atoms with Gasteiger partial charge in [-0.3, -0.25) is 0 Å². The van der Waals surface area contributed by atoms with E-state index in [1.165, 1.54) is 11.1 Å². The van der Waals surface area contributed by atoms with E-state index in [1.807, 2.05) is 19.9 Å². The molecule has 0 heterocycles. The first-order chi connectivity index (χ1) is 13.2. The van der Waals surface area contributed by atoms with Crippen LogP contribution in [-0.2, 0) is 12.8 Å². The third-order valence-corrected chi connectivity index (χ3v) is 3.85. The molecule has 0 saturated heterocycles. The van der Waals surface area contributed by atoms with Crippen LogP contribution in [0.2, 0.25) is 0 Å². The molecule has 0 N–H and O–H groups in total. The van der Waals surface area contributed by atoms with Gasteiger partial charge in [-0.05, 0) is 87.8 Å². The van der Waals surface area contributed by atoms with E-state index in [0.717, 1.165) is 24.3 Å². The molecule has 0 spiro atoms. The highest BCUT2D eigenvalue weighted by Crippen LogP contribution is 2.17. The average Bonchev–Trinajstić information content (AvgIpc) is 2.55. The summed E-state index contributed by atoms with van der Waals surface area (Å²) in [7, 11) is 0. The third kappa shape index (κ3) is 11.0. The smallest absolute Gasteiger partial charge is 0.119 e. The molecule has 0 amide bonds. The van der Waals surface area contributed by atoms with Crippen molar-refractivity contribution in [1.82, 2.24) is 0 Å². The highest BCUT2D eigenvalue weighted by molar-refractivity contribution is 5.29. The third-order valence-electron chi connectivity index (χ3n) is 3.85. The standard InChI is InChI=1S/2C13H20O/c1-10(2)9-12-5-7-13(8-6-12)14-11(3)4;1-10(2)8-12-6-5-7-13(9-12)14-11(3)4/h5-8,10-11H,9H2,1-4H3;5-7,9-11H,8H2,1-4H3. The van der Waals surface area contributed by atoms with Gasteiger partial charge in [0.1, 0.15) is 11.5 Å². The van der Waals surface area contributed by atoms with Gasteiger partial charge < -0.3 is 9.47 Å². The Balaban J connectivity index is 0.000000280. The topological polar surface area (TPSA) is 18.5 Å². The van der Waals surface area contributed by atoms with Gasteiger partial charge in [0, 0.05) is 0 Å². The van der Waals surface area contributed by atoms with E-state index < -0.39 is 0 Å². The molecule has 0 aliphatic carbocycles. The van der Waals surface area contributed by atoms with Crippen LogP contribution in [0.1, 0.15) is 66.5 Å². The molecule has 0 aromatic heterocycles. The zero-order valence-corrected chi connectivity index (χ0v) is 19.2. The normalized spacial score (nSPS) is 11.0. The van der Waals surface area contributed by atoms with E-state index >= 15 is 0 Å². The van der Waals surface area contributed by atoms with Gasteiger partial charge in [0.05, 0.1) is 12.2 Å². The van der Waals surface area contributed by atoms with Crippen LogP contribution in [0.5, 0.6) is 11.5 Å². The van der Waals surface area contributed by atoms with Crippen LogP contribution in [0.3, 0.4) is 0 Å². The number of ether oxygens (including phenoxy) is 2. The van der Waals surface area contributed by atoms with Crippen LogP contribution in [-0.4, -0.2) is 12.2 Å². The van der Waals surface area contributed by atoms with Gasteiger partial charge >= 0.3 is 0 Å². The minimum Gasteiger partial charge on any atom is -0.491 e. The van der Waals surface area contributed by atoms with E-state index in [-0.39, 0.29) is 12.2 Å². The van der Waals surface area contributed by atoms with Gasteiger partial charge in [0.15, 0.2) is 0 Å². The van der Waals surface area contributed by atoms with Crippen LogP contribution >= 0.6 is 0 Å². The molecule has 0 aliphatic heterocycles. The predicted molar refractivity (Wildman–Crippen MR) is 121 cm³/mol. The first-order valence-electron chi connectivity index (χ1n) is 10.7. The quantitative estimate of drug-likeness (QED) is 0.474. The van der Waals surface area contributed by atoms with E-state index in [0.29, 0.717) is 11.8 Å². The number of hydrogen-bond acceptors (Lipinski definition) is 2. The minimum absolute atomic E-state index is 0.254. The molecule has 2 nitrogen and oxygen atoms in total. The molecule has 0 atom stereocenters. The molecule has 156 valence electrons. The summed E-state index contributed by atoms with van der Waals surface area (Å²) in [6.07, 6.45) is 2.77. The van der Waals surface area contributed by atoms with Gasteiger partial charge in [-0.2, -0.15) is 0 Å². The van der Waals surface area contributed by atoms with E-state index in [2.05, 4.69) is 84.0 Å². The summed E-state index contributed by atoms with van der Waals surface area (Å²) in [5, 5.41) is 0. The van der Waals surface area contributed by atoms with E-state index in [4.69, 9.17) is 9.47 Å². The van der Waals surface area contributed by atoms with Crippen molar-refractivity contribution in [2.24, 2.45) is 11.8 Å². The van der Waals surface area contributed by atoms with Gasteiger partial charge in [0.25, 0.3) is 0 Å². The molecule has 0 aliphatic rings. The van der Waals surface area contributed by atoms with Crippen molar-refractivity contribution in [2.75, 3.05) is 0 Å². The first-order valence-corrected chi connectivity index (χ1v) is 10.7. The van der Waals surface area contributed by atoms with Crippen LogP contribution in [0.4, 0.5) is 0 Å². The second-order valence-corrected chi connectivity index (χ2v) is 8.82. The molecular weight excluding hydrogens is 344 g/mol. The fourth-order valence-electron chi connectivity index (χ4n) is 2.94. The number of rotatable bonds is 8. The summed E-state index contributed by atoms with van der Waals surface area (Å²) in [6.45, 7) is 17.1. The second kappa shape index (κ2) is 12.5. The lowest BCUT2D eigenvalue weighted by Gasteiger charge is -2.11. The van der Waals surface area contributed by atoms with Crippen molar-refractivity contribution in [1.29, 1.82) is 0 Å². The summed E-state index contributed by atoms with van der Waals surface area (Å²) in [6, 6.07) is 16.8. The van der Waals surface area contributed by atoms with Crippen molar-refractivity contribution < 1.29 is 9.47 Å². The Bertz CT molecular complexity index is 600.